The van der Waals surface area contributed by atoms with E-state index < -0.39 is 0 Å². The third-order valence-corrected chi connectivity index (χ3v) is 4.73. The van der Waals surface area contributed by atoms with Gasteiger partial charge in [-0.15, -0.1) is 6.58 Å². The van der Waals surface area contributed by atoms with Gasteiger partial charge in [-0.2, -0.15) is 0 Å². The number of methoxy groups -OCH3 is 1. The van der Waals surface area contributed by atoms with E-state index in [0.717, 1.165) is 33.8 Å². The molecule has 3 aromatic rings. The van der Waals surface area contributed by atoms with Gasteiger partial charge in [0.15, 0.2) is 23.0 Å². The van der Waals surface area contributed by atoms with E-state index in [1.54, 1.807) is 13.2 Å². The molecule has 2 heterocycles. The molecule has 0 fully saturated rings. The van der Waals surface area contributed by atoms with Crippen molar-refractivity contribution in [2.45, 2.75) is 19.8 Å². The second-order valence-corrected chi connectivity index (χ2v) is 6.29. The molecular weight excluding hydrogens is 332 g/mol. The van der Waals surface area contributed by atoms with Crippen molar-refractivity contribution in [2.24, 2.45) is 0 Å². The molecular formula is C21H20O5. The van der Waals surface area contributed by atoms with Crippen molar-refractivity contribution in [1.82, 2.24) is 0 Å². The average Bonchev–Trinajstić information content (AvgIpc) is 3.22. The van der Waals surface area contributed by atoms with Gasteiger partial charge in [-0.05, 0) is 42.7 Å². The molecule has 26 heavy (non-hydrogen) atoms. The Kier molecular flexibility index (Phi) is 3.99. The fourth-order valence-electron chi connectivity index (χ4n) is 3.32. The van der Waals surface area contributed by atoms with E-state index >= 15 is 0 Å². The summed E-state index contributed by atoms with van der Waals surface area (Å²) >= 11 is 0. The number of fused-ring (bicyclic) bond motifs is 2. The number of ether oxygens (including phenoxy) is 3. The summed E-state index contributed by atoms with van der Waals surface area (Å²) < 4.78 is 22.3. The molecule has 4 rings (SSSR count). The quantitative estimate of drug-likeness (QED) is 0.685. The van der Waals surface area contributed by atoms with Crippen LogP contribution >= 0.6 is 0 Å². The Bertz CT molecular complexity index is 1000. The van der Waals surface area contributed by atoms with Crippen molar-refractivity contribution in [3.8, 4) is 23.0 Å². The van der Waals surface area contributed by atoms with Crippen molar-refractivity contribution in [3.63, 3.8) is 0 Å². The number of rotatable bonds is 5. The van der Waals surface area contributed by atoms with Gasteiger partial charge in [0.05, 0.1) is 7.11 Å². The van der Waals surface area contributed by atoms with Crippen LogP contribution in [0.1, 0.15) is 22.5 Å². The highest BCUT2D eigenvalue weighted by Crippen LogP contribution is 2.41. The van der Waals surface area contributed by atoms with Gasteiger partial charge in [0, 0.05) is 17.4 Å². The van der Waals surface area contributed by atoms with Crippen LogP contribution in [0.5, 0.6) is 23.0 Å². The van der Waals surface area contributed by atoms with Crippen LogP contribution in [-0.4, -0.2) is 19.0 Å². The van der Waals surface area contributed by atoms with Crippen molar-refractivity contribution in [2.75, 3.05) is 13.9 Å². The third kappa shape index (κ3) is 2.56. The summed E-state index contributed by atoms with van der Waals surface area (Å²) in [5, 5.41) is 11.4. The maximum Gasteiger partial charge on any atom is 0.231 e. The van der Waals surface area contributed by atoms with Gasteiger partial charge in [0.2, 0.25) is 6.79 Å². The molecule has 2 aromatic carbocycles. The Labute approximate surface area is 151 Å². The number of hydrogen-bond acceptors (Lipinski definition) is 5. The second-order valence-electron chi connectivity index (χ2n) is 6.29. The Hall–Kier alpha value is -3.08. The molecule has 1 N–H and O–H groups in total. The smallest absolute Gasteiger partial charge is 0.231 e. The number of benzene rings is 2. The van der Waals surface area contributed by atoms with Crippen LogP contribution in [0.2, 0.25) is 0 Å². The molecule has 0 saturated heterocycles. The predicted molar refractivity (Wildman–Crippen MR) is 98.4 cm³/mol. The first kappa shape index (κ1) is 16.4. The van der Waals surface area contributed by atoms with Crippen molar-refractivity contribution < 1.29 is 23.7 Å². The standard InChI is InChI=1S/C21H20O5/c1-4-5-14-20(22)19(23-3)10-15-12(2)17(26-21(14)15)8-13-6-7-16-18(9-13)25-11-24-16/h4,6-7,9-10,22H,1,5,8,11H2,2-3H3. The van der Waals surface area contributed by atoms with Crippen molar-refractivity contribution >= 4 is 11.0 Å². The monoisotopic (exact) mass is 352 g/mol. The fraction of sp³-hybridized carbons (Fsp3) is 0.238. The molecule has 0 unspecified atom stereocenters. The van der Waals surface area contributed by atoms with Crippen LogP contribution in [0.3, 0.4) is 0 Å². The van der Waals surface area contributed by atoms with Gasteiger partial charge >= 0.3 is 0 Å². The molecule has 5 heteroatoms. The van der Waals surface area contributed by atoms with Crippen molar-refractivity contribution in [1.29, 1.82) is 0 Å². The minimum Gasteiger partial charge on any atom is -0.504 e. The molecule has 1 aromatic heterocycles. The van der Waals surface area contributed by atoms with Gasteiger partial charge in [0.1, 0.15) is 11.3 Å². The van der Waals surface area contributed by atoms with Crippen LogP contribution < -0.4 is 14.2 Å². The first-order chi connectivity index (χ1) is 12.6. The number of aromatic hydroxyl groups is 1. The molecule has 0 atom stereocenters. The second kappa shape index (κ2) is 6.33. The van der Waals surface area contributed by atoms with Crippen LogP contribution in [0.25, 0.3) is 11.0 Å². The number of hydrogen-bond donors (Lipinski definition) is 1. The van der Waals surface area contributed by atoms with E-state index in [1.165, 1.54) is 0 Å². The molecule has 0 aliphatic carbocycles. The first-order valence-electron chi connectivity index (χ1n) is 8.42. The summed E-state index contributed by atoms with van der Waals surface area (Å²) in [7, 11) is 1.54. The van der Waals surface area contributed by atoms with Gasteiger partial charge in [-0.3, -0.25) is 0 Å². The Morgan fingerprint density at radius 3 is 2.81 bits per heavy atom. The summed E-state index contributed by atoms with van der Waals surface area (Å²) in [6.45, 7) is 6.04. The lowest BCUT2D eigenvalue weighted by Crippen LogP contribution is -1.93. The van der Waals surface area contributed by atoms with Crippen LogP contribution in [0.15, 0.2) is 41.3 Å². The summed E-state index contributed by atoms with van der Waals surface area (Å²) in [6.07, 6.45) is 2.85. The zero-order valence-corrected chi connectivity index (χ0v) is 14.8. The molecule has 0 spiro atoms. The lowest BCUT2D eigenvalue weighted by atomic mass is 10.0. The zero-order chi connectivity index (χ0) is 18.3. The molecule has 5 nitrogen and oxygen atoms in total. The van der Waals surface area contributed by atoms with E-state index in [4.69, 9.17) is 18.6 Å². The summed E-state index contributed by atoms with van der Waals surface area (Å²) in [4.78, 5) is 0. The number of phenolic OH excluding ortho intramolecular Hbond substituents is 1. The van der Waals surface area contributed by atoms with Gasteiger partial charge in [-0.1, -0.05) is 12.1 Å². The van der Waals surface area contributed by atoms with Crippen LogP contribution in [0, 0.1) is 6.92 Å². The maximum atomic E-state index is 10.5. The highest BCUT2D eigenvalue weighted by atomic mass is 16.7. The van der Waals surface area contributed by atoms with Gasteiger partial charge in [0.25, 0.3) is 0 Å². The van der Waals surface area contributed by atoms with Crippen LogP contribution in [0.4, 0.5) is 0 Å². The van der Waals surface area contributed by atoms with Gasteiger partial charge < -0.3 is 23.7 Å². The highest BCUT2D eigenvalue weighted by Gasteiger charge is 2.21. The Balaban J connectivity index is 1.79. The molecule has 1 aliphatic rings. The van der Waals surface area contributed by atoms with Crippen LogP contribution in [-0.2, 0) is 12.8 Å². The third-order valence-electron chi connectivity index (χ3n) is 4.73. The average molecular weight is 352 g/mol. The summed E-state index contributed by atoms with van der Waals surface area (Å²) in [6, 6.07) is 7.70. The van der Waals surface area contributed by atoms with E-state index in [9.17, 15) is 5.11 Å². The van der Waals surface area contributed by atoms with E-state index in [1.807, 2.05) is 31.2 Å². The minimum absolute atomic E-state index is 0.100. The van der Waals surface area contributed by atoms with Gasteiger partial charge in [-0.25, -0.2) is 0 Å². The first-order valence-corrected chi connectivity index (χ1v) is 8.42. The molecule has 134 valence electrons. The van der Waals surface area contributed by atoms with Crippen molar-refractivity contribution in [3.05, 3.63) is 59.4 Å². The Morgan fingerprint density at radius 2 is 2.04 bits per heavy atom. The summed E-state index contributed by atoms with van der Waals surface area (Å²) in [5.74, 6) is 2.90. The lowest BCUT2D eigenvalue weighted by Gasteiger charge is -2.08. The number of allylic oxidation sites excluding steroid dienone is 1. The fourth-order valence-corrected chi connectivity index (χ4v) is 3.32. The molecule has 1 aliphatic heterocycles. The topological polar surface area (TPSA) is 61.1 Å². The SMILES string of the molecule is C=CCc1c(O)c(OC)cc2c(C)c(Cc3ccc4c(c3)OCO4)oc12. The largest absolute Gasteiger partial charge is 0.504 e. The maximum absolute atomic E-state index is 10.5. The predicted octanol–water partition coefficient (Wildman–Crippen LogP) is 4.50. The highest BCUT2D eigenvalue weighted by molar-refractivity contribution is 5.89. The number of phenols is 1. The number of furan rings is 1. The Morgan fingerprint density at radius 1 is 1.23 bits per heavy atom. The van der Waals surface area contributed by atoms with E-state index in [-0.39, 0.29) is 12.5 Å². The minimum atomic E-state index is 0.100. The zero-order valence-electron chi connectivity index (χ0n) is 14.8. The lowest BCUT2D eigenvalue weighted by molar-refractivity contribution is 0.174. The molecule has 0 radical (unpaired) electrons. The van der Waals surface area contributed by atoms with E-state index in [0.29, 0.717) is 29.7 Å². The molecule has 0 bridgehead atoms. The number of aryl methyl sites for hydroxylation is 1. The van der Waals surface area contributed by atoms with E-state index in [2.05, 4.69) is 6.58 Å². The normalized spacial score (nSPS) is 12.5. The molecule has 0 amide bonds. The molecule has 0 saturated carbocycles. The summed E-state index contributed by atoms with van der Waals surface area (Å²) in [5.41, 5.74) is 3.46.